The third kappa shape index (κ3) is 4.00. The van der Waals surface area contributed by atoms with Crippen LogP contribution in [0, 0.1) is 0 Å². The Morgan fingerprint density at radius 2 is 1.96 bits per heavy atom. The Balaban J connectivity index is 1.61. The molecular formula is C19H18N2O5. The maximum absolute atomic E-state index is 12.4. The normalized spacial score (nSPS) is 11.8. The van der Waals surface area contributed by atoms with Gasteiger partial charge in [0.25, 0.3) is 0 Å². The number of methoxy groups -OCH3 is 1. The zero-order valence-electron chi connectivity index (χ0n) is 14.4. The van der Waals surface area contributed by atoms with Gasteiger partial charge in [-0.25, -0.2) is 4.79 Å². The summed E-state index contributed by atoms with van der Waals surface area (Å²) in [5.41, 5.74) is 0.435. The summed E-state index contributed by atoms with van der Waals surface area (Å²) in [7, 11) is 1.55. The van der Waals surface area contributed by atoms with E-state index in [0.717, 1.165) is 0 Å². The fraction of sp³-hybridized carbons (Fsp3) is 0.211. The van der Waals surface area contributed by atoms with Gasteiger partial charge in [0.15, 0.2) is 6.10 Å². The Kier molecular flexibility index (Phi) is 5.17. The summed E-state index contributed by atoms with van der Waals surface area (Å²) in [5, 5.41) is 4.07. The molecule has 0 amide bonds. The van der Waals surface area contributed by atoms with E-state index < -0.39 is 12.1 Å². The van der Waals surface area contributed by atoms with Crippen LogP contribution in [0.5, 0.6) is 5.75 Å². The molecule has 0 bridgehead atoms. The van der Waals surface area contributed by atoms with Crippen molar-refractivity contribution in [3.05, 3.63) is 71.9 Å². The molecule has 0 aliphatic heterocycles. The predicted octanol–water partition coefficient (Wildman–Crippen LogP) is 2.96. The number of ether oxygens (including phenoxy) is 2. The molecule has 0 radical (unpaired) electrons. The van der Waals surface area contributed by atoms with Crippen molar-refractivity contribution in [2.24, 2.45) is 0 Å². The fourth-order valence-corrected chi connectivity index (χ4v) is 2.39. The Hall–Kier alpha value is -3.35. The van der Waals surface area contributed by atoms with E-state index >= 15 is 0 Å². The minimum absolute atomic E-state index is 0.0431. The van der Waals surface area contributed by atoms with Gasteiger partial charge >= 0.3 is 5.97 Å². The first-order valence-corrected chi connectivity index (χ1v) is 8.02. The van der Waals surface area contributed by atoms with E-state index in [9.17, 15) is 9.59 Å². The first-order chi connectivity index (χ1) is 12.6. The Morgan fingerprint density at radius 3 is 2.62 bits per heavy atom. The number of furan rings is 1. The van der Waals surface area contributed by atoms with E-state index in [0.29, 0.717) is 23.6 Å². The van der Waals surface area contributed by atoms with Crippen LogP contribution < -0.4 is 4.74 Å². The SMILES string of the molecule is COc1ccc(C(=O)C(C)OC(=O)c2ccc(Cn3cccn3)o2)cc1. The number of aromatic nitrogens is 2. The van der Waals surface area contributed by atoms with Crippen LogP contribution in [0.1, 0.15) is 33.6 Å². The highest BCUT2D eigenvalue weighted by molar-refractivity contribution is 6.01. The molecule has 3 rings (SSSR count). The molecule has 26 heavy (non-hydrogen) atoms. The van der Waals surface area contributed by atoms with Crippen molar-refractivity contribution in [1.29, 1.82) is 0 Å². The Labute approximate surface area is 150 Å². The molecule has 7 heteroatoms. The highest BCUT2D eigenvalue weighted by Crippen LogP contribution is 2.16. The number of Topliss-reactive ketones (excluding diaryl/α,β-unsaturated/α-hetero) is 1. The van der Waals surface area contributed by atoms with Crippen molar-refractivity contribution in [2.45, 2.75) is 19.6 Å². The van der Waals surface area contributed by atoms with E-state index in [-0.39, 0.29) is 11.5 Å². The lowest BCUT2D eigenvalue weighted by Crippen LogP contribution is -2.24. The van der Waals surface area contributed by atoms with E-state index in [4.69, 9.17) is 13.9 Å². The molecule has 3 aromatic rings. The molecule has 7 nitrogen and oxygen atoms in total. The topological polar surface area (TPSA) is 83.6 Å². The van der Waals surface area contributed by atoms with Gasteiger partial charge in [0.1, 0.15) is 11.5 Å². The standard InChI is InChI=1S/C19H18N2O5/c1-13(18(22)14-4-6-15(24-2)7-5-14)25-19(23)17-9-8-16(26-17)12-21-11-3-10-20-21/h3-11,13H,12H2,1-2H3. The Morgan fingerprint density at radius 1 is 1.19 bits per heavy atom. The van der Waals surface area contributed by atoms with Gasteiger partial charge in [-0.05, 0) is 49.4 Å². The highest BCUT2D eigenvalue weighted by atomic mass is 16.6. The van der Waals surface area contributed by atoms with Crippen molar-refractivity contribution in [1.82, 2.24) is 9.78 Å². The number of rotatable bonds is 7. The lowest BCUT2D eigenvalue weighted by Gasteiger charge is -2.11. The van der Waals surface area contributed by atoms with Gasteiger partial charge < -0.3 is 13.9 Å². The molecular weight excluding hydrogens is 336 g/mol. The number of hydrogen-bond donors (Lipinski definition) is 0. The zero-order valence-corrected chi connectivity index (χ0v) is 14.4. The summed E-state index contributed by atoms with van der Waals surface area (Å²) >= 11 is 0. The predicted molar refractivity (Wildman–Crippen MR) is 92.2 cm³/mol. The molecule has 1 atom stereocenters. The van der Waals surface area contributed by atoms with Crippen molar-refractivity contribution in [3.8, 4) is 5.75 Å². The van der Waals surface area contributed by atoms with Crippen LogP contribution in [0.25, 0.3) is 0 Å². The average Bonchev–Trinajstić information content (AvgIpc) is 3.33. The number of carbonyl (C=O) groups is 2. The molecule has 0 N–H and O–H groups in total. The number of ketones is 1. The molecule has 1 unspecified atom stereocenters. The van der Waals surface area contributed by atoms with Crippen LogP contribution in [0.2, 0.25) is 0 Å². The first kappa shape index (κ1) is 17.5. The second-order valence-corrected chi connectivity index (χ2v) is 5.61. The fourth-order valence-electron chi connectivity index (χ4n) is 2.39. The molecule has 0 aliphatic rings. The van der Waals surface area contributed by atoms with E-state index in [1.807, 2.05) is 0 Å². The average molecular weight is 354 g/mol. The first-order valence-electron chi connectivity index (χ1n) is 8.02. The number of hydrogen-bond acceptors (Lipinski definition) is 6. The van der Waals surface area contributed by atoms with Crippen LogP contribution in [0.4, 0.5) is 0 Å². The van der Waals surface area contributed by atoms with Crippen LogP contribution in [-0.2, 0) is 11.3 Å². The smallest absolute Gasteiger partial charge is 0.374 e. The second kappa shape index (κ2) is 7.69. The van der Waals surface area contributed by atoms with Gasteiger partial charge in [0.2, 0.25) is 11.5 Å². The summed E-state index contributed by atoms with van der Waals surface area (Å²) in [4.78, 5) is 24.6. The van der Waals surface area contributed by atoms with Crippen LogP contribution in [0.3, 0.4) is 0 Å². The quantitative estimate of drug-likeness (QED) is 0.479. The molecule has 134 valence electrons. The van der Waals surface area contributed by atoms with Crippen molar-refractivity contribution >= 4 is 11.8 Å². The van der Waals surface area contributed by atoms with Gasteiger partial charge in [0.05, 0.1) is 13.7 Å². The number of esters is 1. The van der Waals surface area contributed by atoms with Gasteiger partial charge in [0, 0.05) is 18.0 Å². The van der Waals surface area contributed by atoms with Crippen molar-refractivity contribution in [3.63, 3.8) is 0 Å². The molecule has 0 saturated carbocycles. The van der Waals surface area contributed by atoms with E-state index in [1.165, 1.54) is 13.0 Å². The monoisotopic (exact) mass is 354 g/mol. The van der Waals surface area contributed by atoms with E-state index in [1.54, 1.807) is 60.6 Å². The molecule has 0 spiro atoms. The largest absolute Gasteiger partial charge is 0.497 e. The summed E-state index contributed by atoms with van der Waals surface area (Å²) in [6.07, 6.45) is 2.51. The molecule has 0 fully saturated rings. The molecule has 0 saturated heterocycles. The number of carbonyl (C=O) groups excluding carboxylic acids is 2. The summed E-state index contributed by atoms with van der Waals surface area (Å²) in [5.74, 6) is 0.262. The lowest BCUT2D eigenvalue weighted by molar-refractivity contribution is 0.0287. The van der Waals surface area contributed by atoms with Crippen LogP contribution in [0.15, 0.2) is 59.3 Å². The van der Waals surface area contributed by atoms with Crippen molar-refractivity contribution in [2.75, 3.05) is 7.11 Å². The summed E-state index contributed by atoms with van der Waals surface area (Å²) in [6.45, 7) is 1.93. The zero-order chi connectivity index (χ0) is 18.5. The summed E-state index contributed by atoms with van der Waals surface area (Å²) in [6, 6.07) is 11.6. The molecule has 0 aliphatic carbocycles. The Bertz CT molecular complexity index is 881. The maximum Gasteiger partial charge on any atom is 0.374 e. The third-order valence-corrected chi connectivity index (χ3v) is 3.77. The van der Waals surface area contributed by atoms with Crippen LogP contribution in [-0.4, -0.2) is 34.7 Å². The minimum atomic E-state index is -0.935. The van der Waals surface area contributed by atoms with Gasteiger partial charge in [-0.1, -0.05) is 0 Å². The minimum Gasteiger partial charge on any atom is -0.497 e. The van der Waals surface area contributed by atoms with Gasteiger partial charge in [-0.3, -0.25) is 9.48 Å². The second-order valence-electron chi connectivity index (χ2n) is 5.61. The molecule has 1 aromatic carbocycles. The van der Waals surface area contributed by atoms with Crippen LogP contribution >= 0.6 is 0 Å². The highest BCUT2D eigenvalue weighted by Gasteiger charge is 2.22. The van der Waals surface area contributed by atoms with Crippen molar-refractivity contribution < 1.29 is 23.5 Å². The maximum atomic E-state index is 12.4. The molecule has 2 aromatic heterocycles. The third-order valence-electron chi connectivity index (χ3n) is 3.77. The summed E-state index contributed by atoms with van der Waals surface area (Å²) < 4.78 is 17.4. The molecule has 2 heterocycles. The number of nitrogens with zero attached hydrogens (tertiary/aromatic N) is 2. The van der Waals surface area contributed by atoms with Gasteiger partial charge in [-0.2, -0.15) is 5.10 Å². The van der Waals surface area contributed by atoms with E-state index in [2.05, 4.69) is 5.10 Å². The van der Waals surface area contributed by atoms with Gasteiger partial charge in [-0.15, -0.1) is 0 Å². The number of benzene rings is 1. The lowest BCUT2D eigenvalue weighted by atomic mass is 10.1.